The predicted octanol–water partition coefficient (Wildman–Crippen LogP) is 1.52. The molecule has 1 aliphatic carbocycles. The first-order valence-electron chi connectivity index (χ1n) is 8.03. The van der Waals surface area contributed by atoms with Gasteiger partial charge in [-0.15, -0.1) is 0 Å². The van der Waals surface area contributed by atoms with Crippen LogP contribution in [-0.4, -0.2) is 37.2 Å². The minimum absolute atomic E-state index is 0.0324. The summed E-state index contributed by atoms with van der Waals surface area (Å²) >= 11 is 0. The van der Waals surface area contributed by atoms with Crippen LogP contribution in [0.15, 0.2) is 10.5 Å². The molecule has 2 rings (SSSR count). The maximum atomic E-state index is 12.5. The minimum atomic E-state index is -0.986. The van der Waals surface area contributed by atoms with E-state index in [4.69, 9.17) is 14.9 Å². The number of hydrogen-bond donors (Lipinski definition) is 2. The summed E-state index contributed by atoms with van der Waals surface area (Å²) in [4.78, 5) is 24.1. The lowest BCUT2D eigenvalue weighted by Crippen LogP contribution is -2.75. The van der Waals surface area contributed by atoms with Crippen LogP contribution in [-0.2, 0) is 20.8 Å². The van der Waals surface area contributed by atoms with Crippen molar-refractivity contribution in [2.24, 2.45) is 11.1 Å². The second-order valence-corrected chi connectivity index (χ2v) is 6.70. The van der Waals surface area contributed by atoms with E-state index in [0.29, 0.717) is 30.1 Å². The molecule has 0 aromatic carbocycles. The number of furan rings is 1. The second kappa shape index (κ2) is 6.57. The van der Waals surface area contributed by atoms with Crippen LogP contribution < -0.4 is 11.1 Å². The largest absolute Gasteiger partial charge is 0.465 e. The molecule has 2 atom stereocenters. The zero-order valence-corrected chi connectivity index (χ0v) is 14.9. The third kappa shape index (κ3) is 2.93. The van der Waals surface area contributed by atoms with E-state index in [9.17, 15) is 9.59 Å². The summed E-state index contributed by atoms with van der Waals surface area (Å²) in [5.41, 5.74) is 5.23. The quantitative estimate of drug-likeness (QED) is 0.762. The van der Waals surface area contributed by atoms with E-state index in [0.717, 1.165) is 0 Å². The van der Waals surface area contributed by atoms with Crippen LogP contribution in [0.2, 0.25) is 0 Å². The lowest BCUT2D eigenvalue weighted by atomic mass is 9.54. The summed E-state index contributed by atoms with van der Waals surface area (Å²) < 4.78 is 15.8. The van der Waals surface area contributed by atoms with Crippen LogP contribution in [0.4, 0.5) is 0 Å². The van der Waals surface area contributed by atoms with Gasteiger partial charge in [-0.3, -0.25) is 4.79 Å². The summed E-state index contributed by atoms with van der Waals surface area (Å²) in [6, 6.07) is 1.57. The van der Waals surface area contributed by atoms with Gasteiger partial charge in [0.1, 0.15) is 22.6 Å². The summed E-state index contributed by atoms with van der Waals surface area (Å²) in [5.74, 6) is 0.207. The number of rotatable bonds is 6. The monoisotopic (exact) mass is 338 g/mol. The molecule has 24 heavy (non-hydrogen) atoms. The maximum absolute atomic E-state index is 12.5. The number of esters is 1. The predicted molar refractivity (Wildman–Crippen MR) is 87.4 cm³/mol. The molecule has 1 heterocycles. The van der Waals surface area contributed by atoms with Crippen LogP contribution in [0.3, 0.4) is 0 Å². The topological polar surface area (TPSA) is 104 Å². The van der Waals surface area contributed by atoms with Crippen LogP contribution in [0.1, 0.15) is 49.1 Å². The van der Waals surface area contributed by atoms with Gasteiger partial charge in [-0.2, -0.15) is 0 Å². The molecule has 0 bridgehead atoms. The molecule has 2 unspecified atom stereocenters. The van der Waals surface area contributed by atoms with Gasteiger partial charge >= 0.3 is 5.97 Å². The molecule has 1 fully saturated rings. The van der Waals surface area contributed by atoms with Crippen molar-refractivity contribution in [1.29, 1.82) is 0 Å². The Labute approximate surface area is 141 Å². The van der Waals surface area contributed by atoms with Crippen LogP contribution in [0.25, 0.3) is 0 Å². The standard InChI is InChI=1S/C17H26N2O5/c1-6-23-13-8-17(18,16(13,3)4)15(21)19-9-11-7-12(10(2)24-11)14(20)22-5/h7,13H,6,8-9,18H2,1-5H3,(H,19,21). The van der Waals surface area contributed by atoms with Crippen molar-refractivity contribution in [3.8, 4) is 0 Å². The van der Waals surface area contributed by atoms with Crippen molar-refractivity contribution in [2.45, 2.75) is 52.3 Å². The average molecular weight is 338 g/mol. The van der Waals surface area contributed by atoms with E-state index >= 15 is 0 Å². The van der Waals surface area contributed by atoms with Gasteiger partial charge in [0.05, 0.1) is 19.8 Å². The minimum Gasteiger partial charge on any atom is -0.465 e. The SMILES string of the molecule is CCOC1CC(N)(C(=O)NCc2cc(C(=O)OC)c(C)o2)C1(C)C. The van der Waals surface area contributed by atoms with Crippen LogP contribution in [0.5, 0.6) is 0 Å². The van der Waals surface area contributed by atoms with E-state index in [1.807, 2.05) is 20.8 Å². The van der Waals surface area contributed by atoms with Gasteiger partial charge in [0, 0.05) is 18.4 Å². The highest BCUT2D eigenvalue weighted by Crippen LogP contribution is 2.49. The lowest BCUT2D eigenvalue weighted by Gasteiger charge is -2.57. The first-order chi connectivity index (χ1) is 11.2. The number of carbonyl (C=O) groups is 2. The van der Waals surface area contributed by atoms with E-state index in [-0.39, 0.29) is 18.6 Å². The van der Waals surface area contributed by atoms with Crippen molar-refractivity contribution in [3.05, 3.63) is 23.2 Å². The van der Waals surface area contributed by atoms with Gasteiger partial charge in [-0.05, 0) is 19.9 Å². The number of hydrogen-bond acceptors (Lipinski definition) is 6. The third-order valence-corrected chi connectivity index (χ3v) is 5.03. The highest BCUT2D eigenvalue weighted by Gasteiger charge is 2.62. The Morgan fingerprint density at radius 1 is 1.46 bits per heavy atom. The molecule has 134 valence electrons. The third-order valence-electron chi connectivity index (χ3n) is 5.03. The summed E-state index contributed by atoms with van der Waals surface area (Å²) in [6.45, 7) is 8.21. The molecule has 3 N–H and O–H groups in total. The number of aryl methyl sites for hydroxylation is 1. The number of nitrogens with two attached hydrogens (primary N) is 1. The Bertz CT molecular complexity index is 637. The van der Waals surface area contributed by atoms with E-state index < -0.39 is 16.9 Å². The van der Waals surface area contributed by atoms with E-state index in [2.05, 4.69) is 10.1 Å². The second-order valence-electron chi connectivity index (χ2n) is 6.70. The Balaban J connectivity index is 2.00. The fourth-order valence-corrected chi connectivity index (χ4v) is 3.09. The van der Waals surface area contributed by atoms with Crippen molar-refractivity contribution in [1.82, 2.24) is 5.32 Å². The molecule has 1 saturated carbocycles. The van der Waals surface area contributed by atoms with Gasteiger partial charge in [0.15, 0.2) is 0 Å². The smallest absolute Gasteiger partial charge is 0.341 e. The Hall–Kier alpha value is -1.86. The van der Waals surface area contributed by atoms with Crippen molar-refractivity contribution in [2.75, 3.05) is 13.7 Å². The first-order valence-corrected chi connectivity index (χ1v) is 8.03. The molecule has 7 nitrogen and oxygen atoms in total. The molecule has 0 spiro atoms. The zero-order valence-electron chi connectivity index (χ0n) is 14.9. The fourth-order valence-electron chi connectivity index (χ4n) is 3.09. The van der Waals surface area contributed by atoms with Gasteiger partial charge in [-0.1, -0.05) is 13.8 Å². The Kier molecular flexibility index (Phi) is 5.05. The average Bonchev–Trinajstić information content (AvgIpc) is 2.92. The zero-order chi connectivity index (χ0) is 18.1. The molecule has 0 saturated heterocycles. The molecular weight excluding hydrogens is 312 g/mol. The molecular formula is C17H26N2O5. The number of carbonyl (C=O) groups excluding carboxylic acids is 2. The van der Waals surface area contributed by atoms with Crippen molar-refractivity contribution >= 4 is 11.9 Å². The molecule has 0 aliphatic heterocycles. The normalized spacial score (nSPS) is 25.0. The lowest BCUT2D eigenvalue weighted by molar-refractivity contribution is -0.170. The number of amides is 1. The van der Waals surface area contributed by atoms with Gasteiger partial charge in [-0.25, -0.2) is 4.79 Å². The highest BCUT2D eigenvalue weighted by molar-refractivity contribution is 5.91. The number of methoxy groups -OCH3 is 1. The molecule has 1 amide bonds. The number of nitrogens with one attached hydrogen (secondary N) is 1. The molecule has 1 aromatic heterocycles. The Morgan fingerprint density at radius 2 is 2.12 bits per heavy atom. The van der Waals surface area contributed by atoms with Gasteiger partial charge < -0.3 is 24.9 Å². The summed E-state index contributed by atoms with van der Waals surface area (Å²) in [6.07, 6.45) is 0.444. The number of ether oxygens (including phenoxy) is 2. The molecule has 1 aliphatic rings. The molecule has 1 aromatic rings. The maximum Gasteiger partial charge on any atom is 0.341 e. The van der Waals surface area contributed by atoms with Crippen molar-refractivity contribution in [3.63, 3.8) is 0 Å². The van der Waals surface area contributed by atoms with Gasteiger partial charge in [0.2, 0.25) is 5.91 Å². The Morgan fingerprint density at radius 3 is 2.67 bits per heavy atom. The van der Waals surface area contributed by atoms with E-state index in [1.165, 1.54) is 7.11 Å². The van der Waals surface area contributed by atoms with Crippen molar-refractivity contribution < 1.29 is 23.5 Å². The highest BCUT2D eigenvalue weighted by atomic mass is 16.5. The van der Waals surface area contributed by atoms with Crippen LogP contribution >= 0.6 is 0 Å². The van der Waals surface area contributed by atoms with Gasteiger partial charge in [0.25, 0.3) is 0 Å². The summed E-state index contributed by atoms with van der Waals surface area (Å²) in [7, 11) is 1.31. The van der Waals surface area contributed by atoms with E-state index in [1.54, 1.807) is 13.0 Å². The molecule has 7 heteroatoms. The summed E-state index contributed by atoms with van der Waals surface area (Å²) in [5, 5.41) is 2.79. The fraction of sp³-hybridized carbons (Fsp3) is 0.647. The molecule has 0 radical (unpaired) electrons. The first kappa shape index (κ1) is 18.5. The van der Waals surface area contributed by atoms with Crippen LogP contribution in [0, 0.1) is 12.3 Å².